The molecule has 1 nitrogen and oxygen atoms in total. The van der Waals surface area contributed by atoms with Crippen molar-refractivity contribution in [2.75, 3.05) is 5.88 Å². The van der Waals surface area contributed by atoms with Gasteiger partial charge in [-0.15, -0.1) is 11.6 Å². The van der Waals surface area contributed by atoms with Gasteiger partial charge in [-0.3, -0.25) is 4.79 Å². The molecule has 0 fully saturated rings. The van der Waals surface area contributed by atoms with E-state index in [9.17, 15) is 13.6 Å². The van der Waals surface area contributed by atoms with Gasteiger partial charge < -0.3 is 0 Å². The third-order valence-corrected chi connectivity index (χ3v) is 3.28. The summed E-state index contributed by atoms with van der Waals surface area (Å²) < 4.78 is 25.3. The first-order valence-corrected chi connectivity index (χ1v) is 5.85. The normalized spacial score (nSPS) is 10.7. The van der Waals surface area contributed by atoms with E-state index in [1.54, 1.807) is 28.7 Å². The average molecular weight is 345 g/mol. The molecule has 0 atom stereocenters. The van der Waals surface area contributed by atoms with Crippen LogP contribution in [0.2, 0.25) is 0 Å². The molecule has 0 N–H and O–H groups in total. The van der Waals surface area contributed by atoms with Crippen LogP contribution in [0.3, 0.4) is 0 Å². The zero-order chi connectivity index (χ0) is 11.4. The largest absolute Gasteiger partial charge is 0.294 e. The monoisotopic (exact) mass is 344 g/mol. The van der Waals surface area contributed by atoms with Crippen molar-refractivity contribution in [2.24, 2.45) is 0 Å². The summed E-state index contributed by atoms with van der Waals surface area (Å²) in [6.45, 7) is 0. The molecule has 15 heavy (non-hydrogen) atoms. The second kappa shape index (κ2) is 5.75. The molecule has 0 saturated carbocycles. The maximum absolute atomic E-state index is 12.5. The molecule has 0 radical (unpaired) electrons. The highest BCUT2D eigenvalue weighted by Crippen LogP contribution is 2.27. The van der Waals surface area contributed by atoms with Crippen LogP contribution in [-0.2, 0) is 0 Å². The van der Waals surface area contributed by atoms with Crippen LogP contribution in [0.25, 0.3) is 0 Å². The second-order valence-electron chi connectivity index (χ2n) is 2.87. The van der Waals surface area contributed by atoms with Crippen molar-refractivity contribution in [3.63, 3.8) is 0 Å². The van der Waals surface area contributed by atoms with Crippen LogP contribution in [0.1, 0.15) is 28.8 Å². The van der Waals surface area contributed by atoms with Crippen molar-refractivity contribution in [1.29, 1.82) is 0 Å². The third kappa shape index (κ3) is 3.11. The number of alkyl halides is 3. The molecule has 1 rings (SSSR count). The fraction of sp³-hybridized carbons (Fsp3) is 0.300. The van der Waals surface area contributed by atoms with Crippen LogP contribution >= 0.6 is 34.2 Å². The Labute approximate surface area is 105 Å². The van der Waals surface area contributed by atoms with E-state index in [2.05, 4.69) is 0 Å². The average Bonchev–Trinajstić information content (AvgIpc) is 2.17. The van der Waals surface area contributed by atoms with Gasteiger partial charge in [0.05, 0.1) is 0 Å². The molecule has 0 aliphatic heterocycles. The molecule has 0 unspecified atom stereocenters. The zero-order valence-electron chi connectivity index (χ0n) is 7.64. The lowest BCUT2D eigenvalue weighted by molar-refractivity contribution is 0.0987. The molecule has 0 aliphatic rings. The van der Waals surface area contributed by atoms with Crippen LogP contribution in [0.15, 0.2) is 18.2 Å². The minimum absolute atomic E-state index is 0.101. The molecule has 82 valence electrons. The van der Waals surface area contributed by atoms with Gasteiger partial charge in [0.1, 0.15) is 0 Å². The lowest BCUT2D eigenvalue weighted by atomic mass is 10.1. The first-order valence-electron chi connectivity index (χ1n) is 4.23. The fourth-order valence-electron chi connectivity index (χ4n) is 1.15. The predicted octanol–water partition coefficient (Wildman–Crippen LogP) is 4.04. The minimum Gasteiger partial charge on any atom is -0.294 e. The summed E-state index contributed by atoms with van der Waals surface area (Å²) in [5.74, 6) is 0.00489. The molecular formula is C10H8ClF2IO. The Hall–Kier alpha value is -0.230. The number of Topliss-reactive ketones (excluding diaryl/α,β-unsaturated/α-hetero) is 1. The number of hydrogen-bond donors (Lipinski definition) is 0. The summed E-state index contributed by atoms with van der Waals surface area (Å²) in [5, 5.41) is 0. The molecule has 0 saturated heterocycles. The van der Waals surface area contributed by atoms with Gasteiger partial charge in [0.25, 0.3) is 6.43 Å². The molecule has 0 bridgehead atoms. The van der Waals surface area contributed by atoms with Crippen LogP contribution in [0.5, 0.6) is 0 Å². The van der Waals surface area contributed by atoms with Crippen LogP contribution in [0, 0.1) is 3.57 Å². The van der Waals surface area contributed by atoms with Gasteiger partial charge in [0.15, 0.2) is 5.78 Å². The van der Waals surface area contributed by atoms with Crippen molar-refractivity contribution in [3.05, 3.63) is 32.9 Å². The second-order valence-corrected chi connectivity index (χ2v) is 4.33. The first-order chi connectivity index (χ1) is 7.07. The SMILES string of the molecule is O=C(CCCl)c1cccc(C(F)F)c1I. The quantitative estimate of drug-likeness (QED) is 0.458. The zero-order valence-corrected chi connectivity index (χ0v) is 10.6. The van der Waals surface area contributed by atoms with E-state index in [0.29, 0.717) is 9.13 Å². The molecule has 0 aliphatic carbocycles. The summed E-state index contributed by atoms with van der Waals surface area (Å²) in [5.41, 5.74) is 0.227. The summed E-state index contributed by atoms with van der Waals surface area (Å²) in [6, 6.07) is 4.33. The topological polar surface area (TPSA) is 17.1 Å². The predicted molar refractivity (Wildman–Crippen MR) is 63.8 cm³/mol. The van der Waals surface area contributed by atoms with Gasteiger partial charge in [-0.25, -0.2) is 8.78 Å². The van der Waals surface area contributed by atoms with Crippen molar-refractivity contribution in [2.45, 2.75) is 12.8 Å². The summed E-state index contributed by atoms with van der Waals surface area (Å²) in [7, 11) is 0. The molecule has 0 heterocycles. The molecule has 0 spiro atoms. The Balaban J connectivity index is 3.09. The van der Waals surface area contributed by atoms with Crippen molar-refractivity contribution >= 4 is 40.0 Å². The Morgan fingerprint density at radius 3 is 2.67 bits per heavy atom. The van der Waals surface area contributed by atoms with Crippen molar-refractivity contribution < 1.29 is 13.6 Å². The third-order valence-electron chi connectivity index (χ3n) is 1.89. The maximum Gasteiger partial charge on any atom is 0.264 e. The number of benzene rings is 1. The lowest BCUT2D eigenvalue weighted by Crippen LogP contribution is -2.04. The smallest absolute Gasteiger partial charge is 0.264 e. The van der Waals surface area contributed by atoms with Gasteiger partial charge in [-0.05, 0) is 22.6 Å². The van der Waals surface area contributed by atoms with Crippen LogP contribution in [0.4, 0.5) is 8.78 Å². The molecule has 5 heteroatoms. The van der Waals surface area contributed by atoms with Crippen LogP contribution < -0.4 is 0 Å². The molecule has 1 aromatic carbocycles. The Morgan fingerprint density at radius 1 is 1.47 bits per heavy atom. The highest BCUT2D eigenvalue weighted by Gasteiger charge is 2.17. The number of hydrogen-bond acceptors (Lipinski definition) is 1. The Kier molecular flexibility index (Phi) is 4.92. The molecule has 0 amide bonds. The molecule has 0 aromatic heterocycles. The van der Waals surface area contributed by atoms with Gasteiger partial charge in [-0.2, -0.15) is 0 Å². The number of halogens is 4. The van der Waals surface area contributed by atoms with Crippen molar-refractivity contribution in [1.82, 2.24) is 0 Å². The number of ketones is 1. The highest BCUT2D eigenvalue weighted by atomic mass is 127. The standard InChI is InChI=1S/C10H8ClF2IO/c11-5-4-8(15)6-2-1-3-7(9(6)14)10(12)13/h1-3,10H,4-5H2. The Bertz CT molecular complexity index is 368. The van der Waals surface area contributed by atoms with E-state index in [0.717, 1.165) is 0 Å². The number of carbonyl (C=O) groups excluding carboxylic acids is 1. The minimum atomic E-state index is -2.55. The molecular weight excluding hydrogens is 336 g/mol. The van der Waals surface area contributed by atoms with Gasteiger partial charge >= 0.3 is 0 Å². The van der Waals surface area contributed by atoms with Gasteiger partial charge in [0, 0.05) is 27.0 Å². The van der Waals surface area contributed by atoms with E-state index < -0.39 is 6.43 Å². The van der Waals surface area contributed by atoms with E-state index >= 15 is 0 Å². The summed E-state index contributed by atoms with van der Waals surface area (Å²) in [6.07, 6.45) is -2.38. The van der Waals surface area contributed by atoms with Crippen LogP contribution in [-0.4, -0.2) is 11.7 Å². The summed E-state index contributed by atoms with van der Waals surface area (Å²) >= 11 is 7.20. The lowest BCUT2D eigenvalue weighted by Gasteiger charge is -2.07. The summed E-state index contributed by atoms with van der Waals surface area (Å²) in [4.78, 5) is 11.5. The van der Waals surface area contributed by atoms with E-state index in [1.165, 1.54) is 12.1 Å². The van der Waals surface area contributed by atoms with Gasteiger partial charge in [0.2, 0.25) is 0 Å². The van der Waals surface area contributed by atoms with E-state index in [1.807, 2.05) is 0 Å². The van der Waals surface area contributed by atoms with Gasteiger partial charge in [-0.1, -0.05) is 18.2 Å². The van der Waals surface area contributed by atoms with E-state index in [-0.39, 0.29) is 23.6 Å². The van der Waals surface area contributed by atoms with E-state index in [4.69, 9.17) is 11.6 Å². The highest BCUT2D eigenvalue weighted by molar-refractivity contribution is 14.1. The fourth-order valence-corrected chi connectivity index (χ4v) is 2.22. The Morgan fingerprint density at radius 2 is 2.13 bits per heavy atom. The van der Waals surface area contributed by atoms with Crippen molar-refractivity contribution in [3.8, 4) is 0 Å². The first kappa shape index (κ1) is 12.8. The number of rotatable bonds is 4. The molecule has 1 aromatic rings. The number of carbonyl (C=O) groups is 1. The maximum atomic E-state index is 12.5.